The Morgan fingerprint density at radius 1 is 1.19 bits per heavy atom. The molecule has 1 atom stereocenters. The lowest BCUT2D eigenvalue weighted by Crippen LogP contribution is -2.45. The molecule has 114 valence electrons. The van der Waals surface area contributed by atoms with Crippen LogP contribution in [-0.2, 0) is 9.59 Å². The molecule has 0 fully saturated rings. The minimum atomic E-state index is -1.22. The smallest absolute Gasteiger partial charge is 0.326 e. The van der Waals surface area contributed by atoms with Crippen LogP contribution in [0.2, 0.25) is 0 Å². The molecule has 0 unspecified atom stereocenters. The van der Waals surface area contributed by atoms with Gasteiger partial charge in [-0.2, -0.15) is 0 Å². The summed E-state index contributed by atoms with van der Waals surface area (Å²) in [6.45, 7) is 1.81. The number of hydrogen-bond donors (Lipinski definition) is 3. The molecule has 0 aliphatic heterocycles. The Bertz CT molecular complexity index is 527. The first-order valence-electron chi connectivity index (χ1n) is 6.48. The van der Waals surface area contributed by atoms with Gasteiger partial charge in [0.15, 0.2) is 0 Å². The zero-order valence-corrected chi connectivity index (χ0v) is 11.7. The summed E-state index contributed by atoms with van der Waals surface area (Å²) in [5.41, 5.74) is 6.35. The molecule has 0 aliphatic rings. The number of carbonyl (C=O) groups is 3. The van der Waals surface area contributed by atoms with Crippen molar-refractivity contribution in [3.8, 4) is 0 Å². The number of nitrogens with zero attached hydrogens (tertiary/aromatic N) is 1. The van der Waals surface area contributed by atoms with Crippen molar-refractivity contribution in [2.24, 2.45) is 0 Å². The lowest BCUT2D eigenvalue weighted by atomic mass is 10.1. The molecule has 0 heterocycles. The third-order valence-corrected chi connectivity index (χ3v) is 3.05. The molecule has 0 bridgehead atoms. The maximum atomic E-state index is 12.4. The molecule has 1 rings (SSSR count). The van der Waals surface area contributed by atoms with Gasteiger partial charge in [-0.1, -0.05) is 0 Å². The normalized spacial score (nSPS) is 11.7. The van der Waals surface area contributed by atoms with Crippen molar-refractivity contribution in [2.45, 2.75) is 25.8 Å². The molecule has 4 N–H and O–H groups in total. The van der Waals surface area contributed by atoms with Crippen LogP contribution in [0.1, 0.15) is 30.1 Å². The molecule has 1 aromatic rings. The fraction of sp³-hybridized carbons (Fsp3) is 0.357. The van der Waals surface area contributed by atoms with E-state index < -0.39 is 23.9 Å². The van der Waals surface area contributed by atoms with E-state index in [1.54, 1.807) is 19.1 Å². The number of carboxylic acid groups (broad SMARTS) is 2. The first kappa shape index (κ1) is 16.5. The number of nitrogens with two attached hydrogens (primary N) is 1. The van der Waals surface area contributed by atoms with Gasteiger partial charge in [0.25, 0.3) is 5.91 Å². The van der Waals surface area contributed by atoms with E-state index in [1.165, 1.54) is 12.1 Å². The van der Waals surface area contributed by atoms with Crippen LogP contribution in [0.15, 0.2) is 24.3 Å². The maximum Gasteiger partial charge on any atom is 0.326 e. The molecular weight excluding hydrogens is 276 g/mol. The summed E-state index contributed by atoms with van der Waals surface area (Å²) in [7, 11) is 0. The monoisotopic (exact) mass is 294 g/mol. The predicted octanol–water partition coefficient (Wildman–Crippen LogP) is 1.05. The second-order valence-electron chi connectivity index (χ2n) is 4.50. The SMILES string of the molecule is CCN(C(=O)c1ccc(N)cc1)[C@@H](CCC(=O)O)C(=O)O. The lowest BCUT2D eigenvalue weighted by molar-refractivity contribution is -0.143. The fourth-order valence-electron chi connectivity index (χ4n) is 1.97. The second-order valence-corrected chi connectivity index (χ2v) is 4.50. The minimum absolute atomic E-state index is 0.140. The molecule has 21 heavy (non-hydrogen) atoms. The quantitative estimate of drug-likeness (QED) is 0.646. The molecule has 0 aromatic heterocycles. The highest BCUT2D eigenvalue weighted by Gasteiger charge is 2.29. The standard InChI is InChI=1S/C14H18N2O5/c1-2-16(11(14(20)21)7-8-12(17)18)13(19)9-3-5-10(15)6-4-9/h3-6,11H,2,7-8,15H2,1H3,(H,17,18)(H,20,21)/t11-/m0/s1. The summed E-state index contributed by atoms with van der Waals surface area (Å²) in [4.78, 5) is 35.4. The van der Waals surface area contributed by atoms with Crippen LogP contribution >= 0.6 is 0 Å². The fourth-order valence-corrected chi connectivity index (χ4v) is 1.97. The zero-order valence-electron chi connectivity index (χ0n) is 11.7. The number of hydrogen-bond acceptors (Lipinski definition) is 4. The molecule has 0 spiro atoms. The Kier molecular flexibility index (Phi) is 5.71. The van der Waals surface area contributed by atoms with Crippen LogP contribution in [0.4, 0.5) is 5.69 Å². The summed E-state index contributed by atoms with van der Waals surface area (Å²) < 4.78 is 0. The lowest BCUT2D eigenvalue weighted by Gasteiger charge is -2.27. The number of aliphatic carboxylic acids is 2. The van der Waals surface area contributed by atoms with E-state index in [0.29, 0.717) is 11.3 Å². The van der Waals surface area contributed by atoms with Gasteiger partial charge in [0.05, 0.1) is 0 Å². The maximum absolute atomic E-state index is 12.4. The topological polar surface area (TPSA) is 121 Å². The van der Waals surface area contributed by atoms with E-state index in [4.69, 9.17) is 10.8 Å². The van der Waals surface area contributed by atoms with Gasteiger partial charge in [0.1, 0.15) is 6.04 Å². The van der Waals surface area contributed by atoms with Crippen molar-refractivity contribution < 1.29 is 24.6 Å². The third kappa shape index (κ3) is 4.48. The Morgan fingerprint density at radius 2 is 1.76 bits per heavy atom. The molecule has 0 saturated heterocycles. The van der Waals surface area contributed by atoms with Crippen molar-refractivity contribution in [2.75, 3.05) is 12.3 Å². The third-order valence-electron chi connectivity index (χ3n) is 3.05. The molecule has 0 radical (unpaired) electrons. The first-order chi connectivity index (χ1) is 9.86. The van der Waals surface area contributed by atoms with Crippen LogP contribution in [-0.4, -0.2) is 45.5 Å². The van der Waals surface area contributed by atoms with Gasteiger partial charge in [-0.15, -0.1) is 0 Å². The van der Waals surface area contributed by atoms with Crippen molar-refractivity contribution in [1.29, 1.82) is 0 Å². The summed E-state index contributed by atoms with van der Waals surface area (Å²) in [5, 5.41) is 17.9. The average Bonchev–Trinajstić information content (AvgIpc) is 2.43. The largest absolute Gasteiger partial charge is 0.481 e. The Balaban J connectivity index is 2.96. The first-order valence-corrected chi connectivity index (χ1v) is 6.48. The zero-order chi connectivity index (χ0) is 16.0. The van der Waals surface area contributed by atoms with Crippen LogP contribution in [0.5, 0.6) is 0 Å². The van der Waals surface area contributed by atoms with E-state index in [9.17, 15) is 19.5 Å². The number of rotatable bonds is 7. The van der Waals surface area contributed by atoms with Gasteiger partial charge >= 0.3 is 11.9 Å². The van der Waals surface area contributed by atoms with Crippen molar-refractivity contribution >= 4 is 23.5 Å². The van der Waals surface area contributed by atoms with Gasteiger partial charge in [0.2, 0.25) is 0 Å². The number of carboxylic acids is 2. The summed E-state index contributed by atoms with van der Waals surface area (Å²) in [6.07, 6.45) is -0.457. The highest BCUT2D eigenvalue weighted by atomic mass is 16.4. The highest BCUT2D eigenvalue weighted by Crippen LogP contribution is 2.14. The Hall–Kier alpha value is -2.57. The van der Waals surface area contributed by atoms with E-state index in [-0.39, 0.29) is 19.4 Å². The number of likely N-dealkylation sites (N-methyl/N-ethyl adjacent to an activating group) is 1. The Labute approximate surface area is 122 Å². The van der Waals surface area contributed by atoms with Crippen molar-refractivity contribution in [3.05, 3.63) is 29.8 Å². The summed E-state index contributed by atoms with van der Waals surface area (Å²) in [6, 6.07) is 4.95. The van der Waals surface area contributed by atoms with Gasteiger partial charge < -0.3 is 20.8 Å². The average molecular weight is 294 g/mol. The molecule has 1 aromatic carbocycles. The molecular formula is C14H18N2O5. The predicted molar refractivity (Wildman–Crippen MR) is 75.9 cm³/mol. The van der Waals surface area contributed by atoms with Crippen molar-refractivity contribution in [3.63, 3.8) is 0 Å². The number of anilines is 1. The minimum Gasteiger partial charge on any atom is -0.481 e. The number of amides is 1. The second kappa shape index (κ2) is 7.28. The molecule has 0 saturated carbocycles. The number of nitrogen functional groups attached to an aromatic ring is 1. The van der Waals surface area contributed by atoms with Gasteiger partial charge in [-0.25, -0.2) is 4.79 Å². The summed E-state index contributed by atoms with van der Waals surface area (Å²) in [5.74, 6) is -2.78. The van der Waals surface area contributed by atoms with Gasteiger partial charge in [-0.3, -0.25) is 9.59 Å². The molecule has 0 aliphatic carbocycles. The van der Waals surface area contributed by atoms with Crippen LogP contribution in [0, 0.1) is 0 Å². The van der Waals surface area contributed by atoms with E-state index in [0.717, 1.165) is 4.90 Å². The van der Waals surface area contributed by atoms with E-state index in [2.05, 4.69) is 0 Å². The summed E-state index contributed by atoms with van der Waals surface area (Å²) >= 11 is 0. The van der Waals surface area contributed by atoms with E-state index in [1.807, 2.05) is 0 Å². The van der Waals surface area contributed by atoms with E-state index >= 15 is 0 Å². The number of carbonyl (C=O) groups excluding carboxylic acids is 1. The highest BCUT2D eigenvalue weighted by molar-refractivity contribution is 5.97. The number of benzene rings is 1. The van der Waals surface area contributed by atoms with Gasteiger partial charge in [-0.05, 0) is 37.6 Å². The Morgan fingerprint density at radius 3 is 2.19 bits per heavy atom. The van der Waals surface area contributed by atoms with Crippen LogP contribution in [0.3, 0.4) is 0 Å². The molecule has 7 heteroatoms. The molecule has 1 amide bonds. The van der Waals surface area contributed by atoms with Crippen LogP contribution in [0.25, 0.3) is 0 Å². The molecule has 7 nitrogen and oxygen atoms in total. The van der Waals surface area contributed by atoms with Crippen molar-refractivity contribution in [1.82, 2.24) is 4.90 Å². The van der Waals surface area contributed by atoms with Gasteiger partial charge in [0, 0.05) is 24.2 Å². The van der Waals surface area contributed by atoms with Crippen LogP contribution < -0.4 is 5.73 Å².